The van der Waals surface area contributed by atoms with Gasteiger partial charge in [0.25, 0.3) is 5.89 Å². The van der Waals surface area contributed by atoms with Crippen LogP contribution >= 0.6 is 11.6 Å². The Hall–Kier alpha value is -1.39. The van der Waals surface area contributed by atoms with E-state index in [4.69, 9.17) is 16.1 Å². The lowest BCUT2D eigenvalue weighted by Crippen LogP contribution is -2.17. The maximum Gasteiger partial charge on any atom is 0.258 e. The number of halogens is 1. The van der Waals surface area contributed by atoms with Gasteiger partial charge in [-0.25, -0.2) is 0 Å². The molecule has 2 aromatic rings. The Morgan fingerprint density at radius 1 is 1.25 bits per heavy atom. The Morgan fingerprint density at radius 2 is 1.88 bits per heavy atom. The van der Waals surface area contributed by atoms with Gasteiger partial charge in [-0.1, -0.05) is 16.8 Å². The maximum atomic E-state index is 9.69. The molecule has 0 spiro atoms. The Labute approximate surface area is 97.9 Å². The molecule has 0 aliphatic carbocycles. The standard InChI is InChI=1S/C11H11ClN2O2/c1-11(2,15)10-13-9(16-14-10)7-3-5-8(12)6-4-7/h3-6,15H,1-2H3. The summed E-state index contributed by atoms with van der Waals surface area (Å²) in [6, 6.07) is 7.05. The van der Waals surface area contributed by atoms with Gasteiger partial charge in [0.2, 0.25) is 5.82 Å². The molecule has 0 fully saturated rings. The van der Waals surface area contributed by atoms with E-state index in [1.807, 2.05) is 0 Å². The minimum Gasteiger partial charge on any atom is -0.382 e. The first-order valence-corrected chi connectivity index (χ1v) is 5.17. The lowest BCUT2D eigenvalue weighted by molar-refractivity contribution is 0.0661. The van der Waals surface area contributed by atoms with Crippen LogP contribution in [0.5, 0.6) is 0 Å². The molecule has 0 amide bonds. The van der Waals surface area contributed by atoms with Gasteiger partial charge in [-0.2, -0.15) is 4.98 Å². The molecule has 0 saturated heterocycles. The van der Waals surface area contributed by atoms with Gasteiger partial charge in [-0.15, -0.1) is 0 Å². The average Bonchev–Trinajstić information content (AvgIpc) is 2.67. The molecule has 0 aliphatic heterocycles. The molecule has 84 valence electrons. The predicted molar refractivity (Wildman–Crippen MR) is 60.0 cm³/mol. The molecule has 0 atom stereocenters. The summed E-state index contributed by atoms with van der Waals surface area (Å²) < 4.78 is 5.05. The van der Waals surface area contributed by atoms with Gasteiger partial charge < -0.3 is 9.63 Å². The smallest absolute Gasteiger partial charge is 0.258 e. The van der Waals surface area contributed by atoms with Crippen LogP contribution in [0.25, 0.3) is 11.5 Å². The van der Waals surface area contributed by atoms with E-state index >= 15 is 0 Å². The minimum atomic E-state index is -1.10. The second-order valence-corrected chi connectivity index (χ2v) is 4.43. The number of aliphatic hydroxyl groups is 1. The molecule has 0 saturated carbocycles. The highest BCUT2D eigenvalue weighted by Gasteiger charge is 2.23. The first-order chi connectivity index (χ1) is 7.47. The summed E-state index contributed by atoms with van der Waals surface area (Å²) in [6.07, 6.45) is 0. The first-order valence-electron chi connectivity index (χ1n) is 4.79. The average molecular weight is 239 g/mol. The van der Waals surface area contributed by atoms with E-state index in [9.17, 15) is 5.11 Å². The van der Waals surface area contributed by atoms with Crippen LogP contribution in [0.3, 0.4) is 0 Å². The van der Waals surface area contributed by atoms with Crippen molar-refractivity contribution in [2.45, 2.75) is 19.4 Å². The van der Waals surface area contributed by atoms with Gasteiger partial charge in [-0.05, 0) is 38.1 Å². The molecule has 4 nitrogen and oxygen atoms in total. The zero-order chi connectivity index (χ0) is 11.8. The summed E-state index contributed by atoms with van der Waals surface area (Å²) in [4.78, 5) is 4.11. The molecule has 1 aromatic heterocycles. The van der Waals surface area contributed by atoms with Crippen molar-refractivity contribution in [1.29, 1.82) is 0 Å². The van der Waals surface area contributed by atoms with E-state index in [1.165, 1.54) is 0 Å². The molecule has 0 radical (unpaired) electrons. The minimum absolute atomic E-state index is 0.262. The molecule has 1 heterocycles. The number of aromatic nitrogens is 2. The number of benzene rings is 1. The fourth-order valence-corrected chi connectivity index (χ4v) is 1.31. The van der Waals surface area contributed by atoms with Crippen LogP contribution in [-0.2, 0) is 5.60 Å². The van der Waals surface area contributed by atoms with Crippen molar-refractivity contribution < 1.29 is 9.63 Å². The molecular formula is C11H11ClN2O2. The van der Waals surface area contributed by atoms with Crippen LogP contribution in [0, 0.1) is 0 Å². The van der Waals surface area contributed by atoms with Crippen LogP contribution in [0.2, 0.25) is 5.02 Å². The van der Waals surface area contributed by atoms with Gasteiger partial charge in [0.05, 0.1) is 0 Å². The van der Waals surface area contributed by atoms with Crippen LogP contribution in [-0.4, -0.2) is 15.2 Å². The van der Waals surface area contributed by atoms with Gasteiger partial charge in [-0.3, -0.25) is 0 Å². The maximum absolute atomic E-state index is 9.69. The Morgan fingerprint density at radius 3 is 2.38 bits per heavy atom. The lowest BCUT2D eigenvalue weighted by Gasteiger charge is -2.09. The first kappa shape index (κ1) is 11.1. The third kappa shape index (κ3) is 2.23. The quantitative estimate of drug-likeness (QED) is 0.874. The third-order valence-electron chi connectivity index (χ3n) is 2.06. The van der Waals surface area contributed by atoms with Crippen molar-refractivity contribution in [1.82, 2.24) is 10.1 Å². The number of hydrogen-bond donors (Lipinski definition) is 1. The third-order valence-corrected chi connectivity index (χ3v) is 2.32. The monoisotopic (exact) mass is 238 g/mol. The molecule has 0 unspecified atom stereocenters. The summed E-state index contributed by atoms with van der Waals surface area (Å²) in [5, 5.41) is 14.0. The Kier molecular flexibility index (Phi) is 2.69. The molecule has 5 heteroatoms. The fourth-order valence-electron chi connectivity index (χ4n) is 1.18. The van der Waals surface area contributed by atoms with E-state index in [0.29, 0.717) is 10.9 Å². The molecule has 0 bridgehead atoms. The van der Waals surface area contributed by atoms with Gasteiger partial charge in [0.15, 0.2) is 0 Å². The van der Waals surface area contributed by atoms with Gasteiger partial charge in [0, 0.05) is 10.6 Å². The highest BCUT2D eigenvalue weighted by Crippen LogP contribution is 2.23. The summed E-state index contributed by atoms with van der Waals surface area (Å²) in [5.41, 5.74) is -0.332. The van der Waals surface area contributed by atoms with Crippen molar-refractivity contribution in [3.63, 3.8) is 0 Å². The van der Waals surface area contributed by atoms with Crippen molar-refractivity contribution in [2.75, 3.05) is 0 Å². The second-order valence-electron chi connectivity index (χ2n) is 3.99. The SMILES string of the molecule is CC(C)(O)c1noc(-c2ccc(Cl)cc2)n1. The molecule has 1 aromatic carbocycles. The summed E-state index contributed by atoms with van der Waals surface area (Å²) in [7, 11) is 0. The highest BCUT2D eigenvalue weighted by molar-refractivity contribution is 6.30. The molecule has 0 aliphatic rings. The number of hydrogen-bond acceptors (Lipinski definition) is 4. The largest absolute Gasteiger partial charge is 0.382 e. The van der Waals surface area contributed by atoms with Crippen molar-refractivity contribution in [3.05, 3.63) is 35.1 Å². The van der Waals surface area contributed by atoms with Gasteiger partial charge in [0.1, 0.15) is 5.60 Å². The fraction of sp³-hybridized carbons (Fsp3) is 0.273. The lowest BCUT2D eigenvalue weighted by atomic mass is 10.1. The second kappa shape index (κ2) is 3.88. The van der Waals surface area contributed by atoms with Crippen LogP contribution in [0.1, 0.15) is 19.7 Å². The summed E-state index contributed by atoms with van der Waals surface area (Å²) in [6.45, 7) is 3.20. The number of rotatable bonds is 2. The van der Waals surface area contributed by atoms with Gasteiger partial charge >= 0.3 is 0 Å². The highest BCUT2D eigenvalue weighted by atomic mass is 35.5. The molecule has 1 N–H and O–H groups in total. The molecular weight excluding hydrogens is 228 g/mol. The van der Waals surface area contributed by atoms with Crippen LogP contribution < -0.4 is 0 Å². The van der Waals surface area contributed by atoms with Crippen LogP contribution in [0.15, 0.2) is 28.8 Å². The van der Waals surface area contributed by atoms with E-state index in [0.717, 1.165) is 5.56 Å². The number of nitrogens with zero attached hydrogens (tertiary/aromatic N) is 2. The van der Waals surface area contributed by atoms with E-state index < -0.39 is 5.60 Å². The van der Waals surface area contributed by atoms with Crippen molar-refractivity contribution >= 4 is 11.6 Å². The zero-order valence-corrected chi connectivity index (χ0v) is 9.69. The topological polar surface area (TPSA) is 59.2 Å². The van der Waals surface area contributed by atoms with Crippen molar-refractivity contribution in [2.24, 2.45) is 0 Å². The predicted octanol–water partition coefficient (Wildman–Crippen LogP) is 2.62. The summed E-state index contributed by atoms with van der Waals surface area (Å²) >= 11 is 5.77. The zero-order valence-electron chi connectivity index (χ0n) is 8.94. The van der Waals surface area contributed by atoms with Crippen LogP contribution in [0.4, 0.5) is 0 Å². The molecule has 16 heavy (non-hydrogen) atoms. The Balaban J connectivity index is 2.35. The van der Waals surface area contributed by atoms with Crippen molar-refractivity contribution in [3.8, 4) is 11.5 Å². The normalized spacial score (nSPS) is 11.8. The van der Waals surface area contributed by atoms with E-state index in [-0.39, 0.29) is 5.82 Å². The van der Waals surface area contributed by atoms with E-state index in [2.05, 4.69) is 10.1 Å². The molecule has 2 rings (SSSR count). The Bertz CT molecular complexity index is 485. The van der Waals surface area contributed by atoms with E-state index in [1.54, 1.807) is 38.1 Å². The summed E-state index contributed by atoms with van der Waals surface area (Å²) in [5.74, 6) is 0.631.